The molecule has 102 valence electrons. The largest absolute Gasteiger partial charge is 0.488 e. The van der Waals surface area contributed by atoms with Crippen molar-refractivity contribution in [3.05, 3.63) is 27.2 Å². The molecule has 0 aromatic heterocycles. The second-order valence-corrected chi connectivity index (χ2v) is 6.00. The van der Waals surface area contributed by atoms with E-state index in [0.29, 0.717) is 11.1 Å². The Balaban J connectivity index is 2.62. The summed E-state index contributed by atoms with van der Waals surface area (Å²) in [6.07, 6.45) is 1.21. The zero-order valence-corrected chi connectivity index (χ0v) is 13.7. The van der Waals surface area contributed by atoms with Crippen LogP contribution in [-0.4, -0.2) is 18.7 Å². The first-order valence-electron chi connectivity index (χ1n) is 6.29. The molecule has 2 unspecified atom stereocenters. The summed E-state index contributed by atoms with van der Waals surface area (Å²) in [6, 6.07) is 4.38. The van der Waals surface area contributed by atoms with Crippen LogP contribution >= 0.6 is 27.5 Å². The summed E-state index contributed by atoms with van der Waals surface area (Å²) in [5.41, 5.74) is 1.05. The van der Waals surface area contributed by atoms with E-state index >= 15 is 0 Å². The van der Waals surface area contributed by atoms with Crippen molar-refractivity contribution in [2.75, 3.05) is 6.54 Å². The number of rotatable bonds is 6. The first kappa shape index (κ1) is 15.8. The molecule has 18 heavy (non-hydrogen) atoms. The summed E-state index contributed by atoms with van der Waals surface area (Å²) in [4.78, 5) is 0. The molecule has 0 radical (unpaired) electrons. The van der Waals surface area contributed by atoms with Gasteiger partial charge in [-0.2, -0.15) is 0 Å². The summed E-state index contributed by atoms with van der Waals surface area (Å²) < 4.78 is 6.89. The Kier molecular flexibility index (Phi) is 6.47. The Labute approximate surface area is 123 Å². The zero-order valence-electron chi connectivity index (χ0n) is 11.4. The van der Waals surface area contributed by atoms with Gasteiger partial charge in [-0.25, -0.2) is 0 Å². The molecule has 0 bridgehead atoms. The van der Waals surface area contributed by atoms with Crippen LogP contribution in [0, 0.1) is 6.92 Å². The second kappa shape index (κ2) is 7.37. The molecule has 0 saturated heterocycles. The highest BCUT2D eigenvalue weighted by Crippen LogP contribution is 2.32. The van der Waals surface area contributed by atoms with Crippen molar-refractivity contribution in [1.82, 2.24) is 5.32 Å². The van der Waals surface area contributed by atoms with Crippen molar-refractivity contribution in [3.63, 3.8) is 0 Å². The van der Waals surface area contributed by atoms with E-state index in [1.807, 2.05) is 26.0 Å². The Morgan fingerprint density at radius 1 is 1.39 bits per heavy atom. The number of hydrogen-bond acceptors (Lipinski definition) is 2. The van der Waals surface area contributed by atoms with E-state index in [1.165, 1.54) is 0 Å². The third kappa shape index (κ3) is 4.79. The van der Waals surface area contributed by atoms with Crippen LogP contribution in [0.4, 0.5) is 0 Å². The van der Waals surface area contributed by atoms with Gasteiger partial charge in [0.2, 0.25) is 0 Å². The van der Waals surface area contributed by atoms with E-state index in [4.69, 9.17) is 16.3 Å². The zero-order chi connectivity index (χ0) is 13.7. The fraction of sp³-hybridized carbons (Fsp3) is 0.571. The average molecular weight is 335 g/mol. The van der Waals surface area contributed by atoms with Gasteiger partial charge in [0.25, 0.3) is 0 Å². The molecule has 0 aliphatic rings. The number of ether oxygens (including phenoxy) is 1. The van der Waals surface area contributed by atoms with Crippen molar-refractivity contribution in [2.45, 2.75) is 46.3 Å². The van der Waals surface area contributed by atoms with Crippen LogP contribution in [0.3, 0.4) is 0 Å². The Morgan fingerprint density at radius 2 is 2.06 bits per heavy atom. The lowest BCUT2D eigenvalue weighted by Crippen LogP contribution is -2.34. The predicted octanol–water partition coefficient (Wildman–Crippen LogP) is 4.57. The quantitative estimate of drug-likeness (QED) is 0.823. The van der Waals surface area contributed by atoms with Crippen molar-refractivity contribution >= 4 is 27.5 Å². The Bertz CT molecular complexity index is 374. The lowest BCUT2D eigenvalue weighted by Gasteiger charge is -2.20. The molecule has 0 heterocycles. The van der Waals surface area contributed by atoms with Crippen molar-refractivity contribution in [1.29, 1.82) is 0 Å². The van der Waals surface area contributed by atoms with Crippen molar-refractivity contribution in [3.8, 4) is 5.75 Å². The molecule has 1 aromatic rings. The maximum Gasteiger partial charge on any atom is 0.141 e. The summed E-state index contributed by atoms with van der Waals surface area (Å²) >= 11 is 9.61. The highest BCUT2D eigenvalue weighted by atomic mass is 79.9. The highest BCUT2D eigenvalue weighted by Gasteiger charge is 2.11. The molecule has 1 rings (SSSR count). The van der Waals surface area contributed by atoms with Gasteiger partial charge in [-0.05, 0) is 44.9 Å². The third-order valence-electron chi connectivity index (χ3n) is 2.88. The van der Waals surface area contributed by atoms with Crippen molar-refractivity contribution in [2.24, 2.45) is 0 Å². The van der Waals surface area contributed by atoms with Crippen LogP contribution in [-0.2, 0) is 0 Å². The fourth-order valence-corrected chi connectivity index (χ4v) is 2.61. The molecule has 0 fully saturated rings. The van der Waals surface area contributed by atoms with Gasteiger partial charge >= 0.3 is 0 Å². The lowest BCUT2D eigenvalue weighted by molar-refractivity contribution is 0.211. The number of nitrogens with one attached hydrogen (secondary N) is 1. The molecular weight excluding hydrogens is 314 g/mol. The van der Waals surface area contributed by atoms with Gasteiger partial charge in [-0.15, -0.1) is 0 Å². The molecule has 0 saturated carbocycles. The summed E-state index contributed by atoms with van der Waals surface area (Å²) in [6.45, 7) is 9.21. The number of hydrogen-bond donors (Lipinski definition) is 1. The molecule has 0 spiro atoms. The Morgan fingerprint density at radius 3 is 2.61 bits per heavy atom. The molecule has 0 aliphatic heterocycles. The monoisotopic (exact) mass is 333 g/mol. The van der Waals surface area contributed by atoms with Crippen LogP contribution in [0.2, 0.25) is 5.02 Å². The van der Waals surface area contributed by atoms with Crippen LogP contribution in [0.15, 0.2) is 16.6 Å². The third-order valence-corrected chi connectivity index (χ3v) is 3.62. The summed E-state index contributed by atoms with van der Waals surface area (Å²) in [7, 11) is 0. The number of benzene rings is 1. The van der Waals surface area contributed by atoms with Crippen LogP contribution in [0.5, 0.6) is 5.75 Å². The maximum atomic E-state index is 6.19. The minimum atomic E-state index is 0.0939. The molecule has 4 heteroatoms. The van der Waals surface area contributed by atoms with Crippen LogP contribution in [0.1, 0.15) is 32.8 Å². The molecule has 1 aromatic carbocycles. The number of aryl methyl sites for hydroxylation is 1. The van der Waals surface area contributed by atoms with E-state index in [9.17, 15) is 0 Å². The van der Waals surface area contributed by atoms with E-state index in [2.05, 4.69) is 35.1 Å². The minimum absolute atomic E-state index is 0.0939. The fourth-order valence-electron chi connectivity index (χ4n) is 1.59. The summed E-state index contributed by atoms with van der Waals surface area (Å²) in [5, 5.41) is 4.08. The van der Waals surface area contributed by atoms with Crippen LogP contribution < -0.4 is 10.1 Å². The highest BCUT2D eigenvalue weighted by molar-refractivity contribution is 9.10. The topological polar surface area (TPSA) is 21.3 Å². The van der Waals surface area contributed by atoms with Gasteiger partial charge in [0.15, 0.2) is 0 Å². The second-order valence-electron chi connectivity index (χ2n) is 4.68. The SMILES string of the molecule is CCC(C)NCC(C)Oc1c(C)cc(Br)cc1Cl. The predicted molar refractivity (Wildman–Crippen MR) is 81.7 cm³/mol. The minimum Gasteiger partial charge on any atom is -0.488 e. The van der Waals surface area contributed by atoms with Gasteiger partial charge in [0.1, 0.15) is 11.9 Å². The van der Waals surface area contributed by atoms with Crippen molar-refractivity contribution < 1.29 is 4.74 Å². The first-order chi connectivity index (χ1) is 8.43. The van der Waals surface area contributed by atoms with E-state index < -0.39 is 0 Å². The maximum absolute atomic E-state index is 6.19. The van der Waals surface area contributed by atoms with Crippen LogP contribution in [0.25, 0.3) is 0 Å². The lowest BCUT2D eigenvalue weighted by atomic mass is 10.2. The molecule has 2 nitrogen and oxygen atoms in total. The normalized spacial score (nSPS) is 14.3. The van der Waals surface area contributed by atoms with Gasteiger partial charge in [-0.1, -0.05) is 34.5 Å². The standard InChI is InChI=1S/C14H21BrClNO/c1-5-10(3)17-8-11(4)18-14-9(2)6-12(15)7-13(14)16/h6-7,10-11,17H,5,8H2,1-4H3. The van der Waals surface area contributed by atoms with E-state index in [1.54, 1.807) is 0 Å². The van der Waals surface area contributed by atoms with Gasteiger partial charge in [0, 0.05) is 17.1 Å². The molecule has 1 N–H and O–H groups in total. The Hall–Kier alpha value is -0.250. The van der Waals surface area contributed by atoms with Gasteiger partial charge in [0.05, 0.1) is 5.02 Å². The molecule has 2 atom stereocenters. The number of halogens is 2. The smallest absolute Gasteiger partial charge is 0.141 e. The van der Waals surface area contributed by atoms with E-state index in [0.717, 1.165) is 28.8 Å². The van der Waals surface area contributed by atoms with E-state index in [-0.39, 0.29) is 6.10 Å². The summed E-state index contributed by atoms with van der Waals surface area (Å²) in [5.74, 6) is 0.776. The van der Waals surface area contributed by atoms with Gasteiger partial charge < -0.3 is 10.1 Å². The molecular formula is C14H21BrClNO. The average Bonchev–Trinajstić information content (AvgIpc) is 2.30. The van der Waals surface area contributed by atoms with Gasteiger partial charge in [-0.3, -0.25) is 0 Å². The first-order valence-corrected chi connectivity index (χ1v) is 7.46. The molecule has 0 amide bonds. The molecule has 0 aliphatic carbocycles.